The molecule has 0 fully saturated rings. The Labute approximate surface area is 233 Å². The molecular formula is C33H32FN3O3. The van der Waals surface area contributed by atoms with Crippen molar-refractivity contribution >= 4 is 16.8 Å². The molecule has 0 aliphatic rings. The van der Waals surface area contributed by atoms with E-state index in [1.54, 1.807) is 32.5 Å². The van der Waals surface area contributed by atoms with Crippen molar-refractivity contribution in [2.24, 2.45) is 0 Å². The molecule has 1 N–H and O–H groups in total. The summed E-state index contributed by atoms with van der Waals surface area (Å²) in [5, 5.41) is 4.14. The summed E-state index contributed by atoms with van der Waals surface area (Å²) in [6.45, 7) is 1.08. The maximum absolute atomic E-state index is 13.5. The molecule has 1 atom stereocenters. The van der Waals surface area contributed by atoms with Gasteiger partial charge in [0.2, 0.25) is 5.91 Å². The van der Waals surface area contributed by atoms with Gasteiger partial charge in [-0.1, -0.05) is 42.5 Å². The standard InChI is InChI=1S/C33H32FN3O3/c1-39-31-15-12-24(19-32(31)40-2)28(20-33(38)36-18-16-26-7-5-6-17-35-26)29-22-37(30-9-4-3-8-27(29)30)21-23-10-13-25(34)14-11-23/h3-15,17,19,22,28H,16,18,20-21H2,1-2H3,(H,36,38)/t28-/m1/s1. The van der Waals surface area contributed by atoms with Crippen LogP contribution in [-0.4, -0.2) is 36.2 Å². The molecule has 40 heavy (non-hydrogen) atoms. The first kappa shape index (κ1) is 26.9. The minimum atomic E-state index is -0.260. The Morgan fingerprint density at radius 3 is 2.48 bits per heavy atom. The lowest BCUT2D eigenvalue weighted by atomic mass is 9.87. The minimum absolute atomic E-state index is 0.0499. The van der Waals surface area contributed by atoms with Gasteiger partial charge < -0.3 is 19.4 Å². The van der Waals surface area contributed by atoms with Crippen molar-refractivity contribution in [3.8, 4) is 11.5 Å². The quantitative estimate of drug-likeness (QED) is 0.220. The number of fused-ring (bicyclic) bond motifs is 1. The Kier molecular flexibility index (Phi) is 8.40. The number of methoxy groups -OCH3 is 2. The smallest absolute Gasteiger partial charge is 0.220 e. The van der Waals surface area contributed by atoms with Crippen LogP contribution in [0.5, 0.6) is 11.5 Å². The van der Waals surface area contributed by atoms with Gasteiger partial charge in [0.1, 0.15) is 5.82 Å². The number of ether oxygens (including phenoxy) is 2. The van der Waals surface area contributed by atoms with Crippen LogP contribution in [0.4, 0.5) is 4.39 Å². The summed E-state index contributed by atoms with van der Waals surface area (Å²) in [4.78, 5) is 17.6. The summed E-state index contributed by atoms with van der Waals surface area (Å²) in [6, 6.07) is 26.3. The SMILES string of the molecule is COc1ccc([C@@H](CC(=O)NCCc2ccccn2)c2cn(Cc3ccc(F)cc3)c3ccccc23)cc1OC. The van der Waals surface area contributed by atoms with Gasteiger partial charge in [0.05, 0.1) is 14.2 Å². The van der Waals surface area contributed by atoms with Crippen molar-refractivity contribution in [2.45, 2.75) is 25.3 Å². The number of hydrogen-bond donors (Lipinski definition) is 1. The Morgan fingerprint density at radius 1 is 0.950 bits per heavy atom. The predicted octanol–water partition coefficient (Wildman–Crippen LogP) is 6.12. The molecule has 0 saturated carbocycles. The third-order valence-electron chi connectivity index (χ3n) is 7.09. The maximum atomic E-state index is 13.5. The van der Waals surface area contributed by atoms with Crippen molar-refractivity contribution in [2.75, 3.05) is 20.8 Å². The van der Waals surface area contributed by atoms with Crippen LogP contribution in [0.1, 0.15) is 34.7 Å². The highest BCUT2D eigenvalue weighted by atomic mass is 19.1. The topological polar surface area (TPSA) is 65.4 Å². The van der Waals surface area contributed by atoms with Crippen LogP contribution in [0, 0.1) is 5.82 Å². The summed E-state index contributed by atoms with van der Waals surface area (Å²) in [7, 11) is 3.21. The van der Waals surface area contributed by atoms with E-state index in [4.69, 9.17) is 9.47 Å². The predicted molar refractivity (Wildman–Crippen MR) is 154 cm³/mol. The van der Waals surface area contributed by atoms with Crippen molar-refractivity contribution < 1.29 is 18.7 Å². The molecule has 0 spiro atoms. The van der Waals surface area contributed by atoms with Crippen LogP contribution in [0.25, 0.3) is 10.9 Å². The zero-order chi connectivity index (χ0) is 27.9. The third kappa shape index (κ3) is 6.15. The number of aromatic nitrogens is 2. The van der Waals surface area contributed by atoms with Gasteiger partial charge in [-0.3, -0.25) is 9.78 Å². The molecule has 2 heterocycles. The van der Waals surface area contributed by atoms with Crippen molar-refractivity contribution in [1.29, 1.82) is 0 Å². The highest BCUT2D eigenvalue weighted by molar-refractivity contribution is 5.87. The zero-order valence-corrected chi connectivity index (χ0v) is 22.6. The van der Waals surface area contributed by atoms with Gasteiger partial charge >= 0.3 is 0 Å². The number of amides is 1. The van der Waals surface area contributed by atoms with E-state index >= 15 is 0 Å². The molecule has 1 amide bonds. The number of halogens is 1. The molecule has 204 valence electrons. The molecule has 3 aromatic carbocycles. The minimum Gasteiger partial charge on any atom is -0.493 e. The zero-order valence-electron chi connectivity index (χ0n) is 22.6. The van der Waals surface area contributed by atoms with E-state index < -0.39 is 0 Å². The second kappa shape index (κ2) is 12.5. The number of carbonyl (C=O) groups excluding carboxylic acids is 1. The van der Waals surface area contributed by atoms with E-state index in [0.29, 0.717) is 31.0 Å². The Balaban J connectivity index is 1.49. The number of hydrogen-bond acceptors (Lipinski definition) is 4. The van der Waals surface area contributed by atoms with E-state index in [-0.39, 0.29) is 24.1 Å². The van der Waals surface area contributed by atoms with Crippen LogP contribution in [0.15, 0.2) is 97.3 Å². The summed E-state index contributed by atoms with van der Waals surface area (Å²) in [6.07, 6.45) is 4.77. The fourth-order valence-corrected chi connectivity index (χ4v) is 5.08. The monoisotopic (exact) mass is 537 g/mol. The van der Waals surface area contributed by atoms with Crippen LogP contribution >= 0.6 is 0 Å². The number of rotatable bonds is 11. The van der Waals surface area contributed by atoms with Gasteiger partial charge in [-0.15, -0.1) is 0 Å². The van der Waals surface area contributed by atoms with Gasteiger partial charge in [-0.25, -0.2) is 4.39 Å². The van der Waals surface area contributed by atoms with E-state index in [0.717, 1.165) is 33.3 Å². The van der Waals surface area contributed by atoms with Gasteiger partial charge in [0.15, 0.2) is 11.5 Å². The van der Waals surface area contributed by atoms with Crippen molar-refractivity contribution in [3.05, 3.63) is 126 Å². The van der Waals surface area contributed by atoms with Crippen molar-refractivity contribution in [3.63, 3.8) is 0 Å². The lowest BCUT2D eigenvalue weighted by Gasteiger charge is -2.19. The third-order valence-corrected chi connectivity index (χ3v) is 7.09. The normalized spacial score (nSPS) is 11.8. The van der Waals surface area contributed by atoms with Crippen LogP contribution in [-0.2, 0) is 17.8 Å². The first-order valence-corrected chi connectivity index (χ1v) is 13.3. The number of para-hydroxylation sites is 1. The van der Waals surface area contributed by atoms with E-state index in [9.17, 15) is 9.18 Å². The van der Waals surface area contributed by atoms with E-state index in [1.807, 2.05) is 48.5 Å². The van der Waals surface area contributed by atoms with Crippen LogP contribution in [0.2, 0.25) is 0 Å². The summed E-state index contributed by atoms with van der Waals surface area (Å²) in [5.41, 5.74) is 4.95. The van der Waals surface area contributed by atoms with Gasteiger partial charge in [-0.2, -0.15) is 0 Å². The maximum Gasteiger partial charge on any atom is 0.220 e. The fourth-order valence-electron chi connectivity index (χ4n) is 5.08. The number of pyridine rings is 1. The lowest BCUT2D eigenvalue weighted by Crippen LogP contribution is -2.27. The molecule has 0 bridgehead atoms. The Bertz CT molecular complexity index is 1580. The van der Waals surface area contributed by atoms with Crippen LogP contribution in [0.3, 0.4) is 0 Å². The van der Waals surface area contributed by atoms with E-state index in [1.165, 1.54) is 12.1 Å². The summed E-state index contributed by atoms with van der Waals surface area (Å²) < 4.78 is 26.7. The van der Waals surface area contributed by atoms with Gasteiger partial charge in [0, 0.05) is 60.8 Å². The van der Waals surface area contributed by atoms with Gasteiger partial charge in [-0.05, 0) is 59.2 Å². The molecular weight excluding hydrogens is 505 g/mol. The molecule has 0 radical (unpaired) electrons. The highest BCUT2D eigenvalue weighted by Crippen LogP contribution is 2.38. The largest absolute Gasteiger partial charge is 0.493 e. The molecule has 0 saturated heterocycles. The summed E-state index contributed by atoms with van der Waals surface area (Å²) >= 11 is 0. The summed E-state index contributed by atoms with van der Waals surface area (Å²) in [5.74, 6) is 0.684. The second-order valence-electron chi connectivity index (χ2n) is 9.65. The molecule has 7 heteroatoms. The molecule has 0 aliphatic heterocycles. The lowest BCUT2D eigenvalue weighted by molar-refractivity contribution is -0.121. The highest BCUT2D eigenvalue weighted by Gasteiger charge is 2.24. The molecule has 5 aromatic rings. The van der Waals surface area contributed by atoms with Crippen LogP contribution < -0.4 is 14.8 Å². The number of carbonyl (C=O) groups is 1. The molecule has 0 unspecified atom stereocenters. The average Bonchev–Trinajstić information content (AvgIpc) is 3.35. The molecule has 2 aromatic heterocycles. The molecule has 5 rings (SSSR count). The van der Waals surface area contributed by atoms with E-state index in [2.05, 4.69) is 33.2 Å². The van der Waals surface area contributed by atoms with Crippen molar-refractivity contribution in [1.82, 2.24) is 14.9 Å². The fraction of sp³-hybridized carbons (Fsp3) is 0.212. The second-order valence-corrected chi connectivity index (χ2v) is 9.65. The Morgan fingerprint density at radius 2 is 1.73 bits per heavy atom. The number of benzene rings is 3. The van der Waals surface area contributed by atoms with Gasteiger partial charge in [0.25, 0.3) is 0 Å². The first-order chi connectivity index (χ1) is 19.6. The molecule has 0 aliphatic carbocycles. The Hall–Kier alpha value is -4.65. The average molecular weight is 538 g/mol. The number of nitrogens with one attached hydrogen (secondary N) is 1. The molecule has 6 nitrogen and oxygen atoms in total. The first-order valence-electron chi connectivity index (χ1n) is 13.3. The number of nitrogens with zero attached hydrogens (tertiary/aromatic N) is 2.